The third kappa shape index (κ3) is 4.26. The topological polar surface area (TPSA) is 53.6 Å². The number of likely N-dealkylation sites (N-methyl/N-ethyl adjacent to an activating group) is 1. The first-order valence-electron chi connectivity index (χ1n) is 7.37. The second kappa shape index (κ2) is 7.35. The Morgan fingerprint density at radius 3 is 2.76 bits per heavy atom. The van der Waals surface area contributed by atoms with Crippen LogP contribution in [0.5, 0.6) is 0 Å². The lowest BCUT2D eigenvalue weighted by atomic mass is 10.0. The van der Waals surface area contributed by atoms with Crippen molar-refractivity contribution in [1.29, 1.82) is 0 Å². The molecule has 1 unspecified atom stereocenters. The maximum Gasteiger partial charge on any atom is 0.239 e. The molecule has 2 rings (SSSR count). The number of nitrogens with zero attached hydrogens (tertiary/aromatic N) is 1. The van der Waals surface area contributed by atoms with Gasteiger partial charge in [-0.1, -0.05) is 6.07 Å². The smallest absolute Gasteiger partial charge is 0.239 e. The lowest BCUT2D eigenvalue weighted by molar-refractivity contribution is -0.126. The van der Waals surface area contributed by atoms with Crippen molar-refractivity contribution in [3.8, 4) is 0 Å². The molecular weight excluding hydrogens is 286 g/mol. The van der Waals surface area contributed by atoms with E-state index in [-0.39, 0.29) is 11.9 Å². The second-order valence-corrected chi connectivity index (χ2v) is 6.74. The Balaban J connectivity index is 2.01. The van der Waals surface area contributed by atoms with Crippen molar-refractivity contribution in [2.24, 2.45) is 0 Å². The van der Waals surface area contributed by atoms with Crippen LogP contribution in [0.15, 0.2) is 17.5 Å². The maximum atomic E-state index is 12.2. The number of hydrogen-bond donors (Lipinski definition) is 2. The van der Waals surface area contributed by atoms with Crippen LogP contribution < -0.4 is 10.6 Å². The number of morpholine rings is 1. The molecule has 0 spiro atoms. The Bertz CT molecular complexity index is 442. The summed E-state index contributed by atoms with van der Waals surface area (Å²) in [7, 11) is 1.80. The van der Waals surface area contributed by atoms with Crippen LogP contribution in [0.3, 0.4) is 0 Å². The first-order chi connectivity index (χ1) is 10.0. The molecule has 5 nitrogen and oxygen atoms in total. The molecule has 118 valence electrons. The van der Waals surface area contributed by atoms with E-state index in [2.05, 4.69) is 33.0 Å². The Morgan fingerprint density at radius 1 is 1.48 bits per heavy atom. The first kappa shape index (κ1) is 16.4. The van der Waals surface area contributed by atoms with Crippen LogP contribution in [0.25, 0.3) is 0 Å². The summed E-state index contributed by atoms with van der Waals surface area (Å²) in [6, 6.07) is 4.43. The van der Waals surface area contributed by atoms with Gasteiger partial charge in [-0.15, -0.1) is 11.3 Å². The van der Waals surface area contributed by atoms with Crippen molar-refractivity contribution >= 4 is 17.2 Å². The van der Waals surface area contributed by atoms with Crippen LogP contribution in [0.2, 0.25) is 0 Å². The fraction of sp³-hybridized carbons (Fsp3) is 0.667. The van der Waals surface area contributed by atoms with Gasteiger partial charge in [-0.25, -0.2) is 0 Å². The van der Waals surface area contributed by atoms with Gasteiger partial charge in [-0.3, -0.25) is 9.69 Å². The molecule has 2 N–H and O–H groups in total. The monoisotopic (exact) mass is 311 g/mol. The standard InChI is InChI=1S/C15H25N3O2S/c1-15(2,16-3)14(19)17-11-12(13-5-4-10-21-13)18-6-8-20-9-7-18/h4-5,10,12,16H,6-9,11H2,1-3H3,(H,17,19). The average molecular weight is 311 g/mol. The summed E-state index contributed by atoms with van der Waals surface area (Å²) in [6.07, 6.45) is 0. The molecule has 1 atom stereocenters. The molecule has 6 heteroatoms. The van der Waals surface area contributed by atoms with Gasteiger partial charge in [0.05, 0.1) is 24.8 Å². The van der Waals surface area contributed by atoms with Gasteiger partial charge in [0.1, 0.15) is 0 Å². The Kier molecular flexibility index (Phi) is 5.75. The summed E-state index contributed by atoms with van der Waals surface area (Å²) in [5, 5.41) is 8.20. The zero-order valence-electron chi connectivity index (χ0n) is 13.0. The summed E-state index contributed by atoms with van der Waals surface area (Å²) in [5.74, 6) is 0.0276. The number of carbonyl (C=O) groups is 1. The molecule has 1 amide bonds. The fourth-order valence-electron chi connectivity index (χ4n) is 2.30. The quantitative estimate of drug-likeness (QED) is 0.830. The lowest BCUT2D eigenvalue weighted by Gasteiger charge is -2.34. The number of hydrogen-bond acceptors (Lipinski definition) is 5. The zero-order chi connectivity index (χ0) is 15.3. The van der Waals surface area contributed by atoms with Crippen molar-refractivity contribution in [3.63, 3.8) is 0 Å². The second-order valence-electron chi connectivity index (χ2n) is 5.76. The van der Waals surface area contributed by atoms with Crippen LogP contribution in [-0.2, 0) is 9.53 Å². The highest BCUT2D eigenvalue weighted by Gasteiger charge is 2.28. The minimum Gasteiger partial charge on any atom is -0.379 e. The van der Waals surface area contributed by atoms with Crippen LogP contribution in [-0.4, -0.2) is 56.2 Å². The minimum atomic E-state index is -0.551. The van der Waals surface area contributed by atoms with Gasteiger partial charge >= 0.3 is 0 Å². The summed E-state index contributed by atoms with van der Waals surface area (Å²) in [6.45, 7) is 7.75. The van der Waals surface area contributed by atoms with E-state index in [0.29, 0.717) is 6.54 Å². The number of carbonyl (C=O) groups excluding carboxylic acids is 1. The van der Waals surface area contributed by atoms with Gasteiger partial charge in [0, 0.05) is 24.5 Å². The fourth-order valence-corrected chi connectivity index (χ4v) is 3.16. The number of rotatable bonds is 6. The minimum absolute atomic E-state index is 0.0276. The third-order valence-electron chi connectivity index (χ3n) is 4.01. The van der Waals surface area contributed by atoms with Crippen LogP contribution in [0.4, 0.5) is 0 Å². The zero-order valence-corrected chi connectivity index (χ0v) is 13.8. The molecule has 1 aromatic heterocycles. The van der Waals surface area contributed by atoms with Crippen LogP contribution >= 0.6 is 11.3 Å². The molecule has 1 aromatic rings. The van der Waals surface area contributed by atoms with Gasteiger partial charge in [0.25, 0.3) is 0 Å². The van der Waals surface area contributed by atoms with E-state index in [4.69, 9.17) is 4.74 Å². The van der Waals surface area contributed by atoms with E-state index in [1.165, 1.54) is 4.88 Å². The third-order valence-corrected chi connectivity index (χ3v) is 4.98. The summed E-state index contributed by atoms with van der Waals surface area (Å²) >= 11 is 1.74. The first-order valence-corrected chi connectivity index (χ1v) is 8.25. The van der Waals surface area contributed by atoms with Gasteiger partial charge in [0.2, 0.25) is 5.91 Å². The summed E-state index contributed by atoms with van der Waals surface area (Å²) in [4.78, 5) is 15.9. The van der Waals surface area contributed by atoms with Crippen LogP contribution in [0.1, 0.15) is 24.8 Å². The van der Waals surface area contributed by atoms with E-state index in [0.717, 1.165) is 26.3 Å². The molecule has 0 bridgehead atoms. The highest BCUT2D eigenvalue weighted by atomic mass is 32.1. The normalized spacial score (nSPS) is 18.4. The number of nitrogens with one attached hydrogen (secondary N) is 2. The van der Waals surface area contributed by atoms with E-state index < -0.39 is 5.54 Å². The molecule has 21 heavy (non-hydrogen) atoms. The number of thiophene rings is 1. The Hall–Kier alpha value is -0.950. The van der Waals surface area contributed by atoms with Crippen molar-refractivity contribution in [2.75, 3.05) is 39.9 Å². The van der Waals surface area contributed by atoms with E-state index in [1.807, 2.05) is 13.8 Å². The molecular formula is C15H25N3O2S. The predicted molar refractivity (Wildman–Crippen MR) is 85.6 cm³/mol. The molecule has 1 saturated heterocycles. The molecule has 2 heterocycles. The highest BCUT2D eigenvalue weighted by molar-refractivity contribution is 7.10. The molecule has 0 aliphatic carbocycles. The number of ether oxygens (including phenoxy) is 1. The van der Waals surface area contributed by atoms with Gasteiger partial charge in [0.15, 0.2) is 0 Å². The van der Waals surface area contributed by atoms with Crippen molar-refractivity contribution < 1.29 is 9.53 Å². The van der Waals surface area contributed by atoms with Gasteiger partial charge in [-0.2, -0.15) is 0 Å². The molecule has 1 aliphatic heterocycles. The number of amides is 1. The van der Waals surface area contributed by atoms with E-state index in [9.17, 15) is 4.79 Å². The largest absolute Gasteiger partial charge is 0.379 e. The molecule has 0 aromatic carbocycles. The van der Waals surface area contributed by atoms with Gasteiger partial charge < -0.3 is 15.4 Å². The molecule has 0 saturated carbocycles. The molecule has 1 fully saturated rings. The van der Waals surface area contributed by atoms with Crippen molar-refractivity contribution in [1.82, 2.24) is 15.5 Å². The predicted octanol–water partition coefficient (Wildman–Crippen LogP) is 1.24. The molecule has 0 radical (unpaired) electrons. The average Bonchev–Trinajstić information content (AvgIpc) is 3.02. The Morgan fingerprint density at radius 2 is 2.19 bits per heavy atom. The molecule has 1 aliphatic rings. The lowest BCUT2D eigenvalue weighted by Crippen LogP contribution is -2.53. The van der Waals surface area contributed by atoms with Crippen LogP contribution in [0, 0.1) is 0 Å². The van der Waals surface area contributed by atoms with E-state index in [1.54, 1.807) is 18.4 Å². The highest BCUT2D eigenvalue weighted by Crippen LogP contribution is 2.25. The van der Waals surface area contributed by atoms with Crippen molar-refractivity contribution in [2.45, 2.75) is 25.4 Å². The SMILES string of the molecule is CNC(C)(C)C(=O)NCC(c1cccs1)N1CCOCC1. The van der Waals surface area contributed by atoms with E-state index >= 15 is 0 Å². The summed E-state index contributed by atoms with van der Waals surface area (Å²) < 4.78 is 5.43. The summed E-state index contributed by atoms with van der Waals surface area (Å²) in [5.41, 5.74) is -0.551. The van der Waals surface area contributed by atoms with Crippen molar-refractivity contribution in [3.05, 3.63) is 22.4 Å². The Labute approximate surface area is 130 Å². The van der Waals surface area contributed by atoms with Gasteiger partial charge in [-0.05, 0) is 32.3 Å². The maximum absolute atomic E-state index is 12.2.